The van der Waals surface area contributed by atoms with Gasteiger partial charge in [0, 0.05) is 36.8 Å². The summed E-state index contributed by atoms with van der Waals surface area (Å²) in [6.07, 6.45) is 0. The number of halogens is 1. The van der Waals surface area contributed by atoms with Gasteiger partial charge in [-0.3, -0.25) is 14.9 Å². The van der Waals surface area contributed by atoms with Gasteiger partial charge >= 0.3 is 0 Å². The number of hydrogen-bond acceptors (Lipinski definition) is 5. The molecule has 1 saturated heterocycles. The molecular weight excluding hydrogens is 388 g/mol. The van der Waals surface area contributed by atoms with Crippen LogP contribution in [0.1, 0.15) is 10.4 Å². The SMILES string of the molecule is CN1CCN(NC(=O)c2cccc(S(=O)(=O)Nc3cccc(Cl)c3)c2)CC1. The lowest BCUT2D eigenvalue weighted by Gasteiger charge is -2.32. The molecule has 1 aliphatic heterocycles. The molecule has 0 unspecified atom stereocenters. The second kappa shape index (κ2) is 8.26. The predicted molar refractivity (Wildman–Crippen MR) is 105 cm³/mol. The van der Waals surface area contributed by atoms with Crippen molar-refractivity contribution >= 4 is 33.2 Å². The Hall–Kier alpha value is -2.13. The first-order valence-electron chi connectivity index (χ1n) is 8.46. The third-order valence-electron chi connectivity index (χ3n) is 4.25. The van der Waals surface area contributed by atoms with Crippen molar-refractivity contribution in [3.05, 3.63) is 59.1 Å². The second-order valence-corrected chi connectivity index (χ2v) is 8.49. The van der Waals surface area contributed by atoms with Gasteiger partial charge in [-0.1, -0.05) is 23.7 Å². The van der Waals surface area contributed by atoms with Gasteiger partial charge in [0.1, 0.15) is 0 Å². The molecule has 0 radical (unpaired) electrons. The Bertz CT molecular complexity index is 928. The van der Waals surface area contributed by atoms with Crippen LogP contribution >= 0.6 is 11.6 Å². The minimum atomic E-state index is -3.84. The van der Waals surface area contributed by atoms with E-state index in [1.54, 1.807) is 30.3 Å². The summed E-state index contributed by atoms with van der Waals surface area (Å²) in [6.45, 7) is 3.16. The monoisotopic (exact) mass is 408 g/mol. The van der Waals surface area contributed by atoms with Gasteiger partial charge in [0.05, 0.1) is 10.6 Å². The van der Waals surface area contributed by atoms with E-state index in [4.69, 9.17) is 11.6 Å². The van der Waals surface area contributed by atoms with Crippen LogP contribution in [0.4, 0.5) is 5.69 Å². The molecule has 9 heteroatoms. The number of nitrogens with one attached hydrogen (secondary N) is 2. The van der Waals surface area contributed by atoms with E-state index in [2.05, 4.69) is 15.0 Å². The van der Waals surface area contributed by atoms with E-state index >= 15 is 0 Å². The largest absolute Gasteiger partial charge is 0.304 e. The Morgan fingerprint density at radius 3 is 2.44 bits per heavy atom. The Labute approximate surface area is 163 Å². The van der Waals surface area contributed by atoms with E-state index in [1.807, 2.05) is 12.1 Å². The highest BCUT2D eigenvalue weighted by atomic mass is 35.5. The molecule has 7 nitrogen and oxygen atoms in total. The fourth-order valence-electron chi connectivity index (χ4n) is 2.70. The van der Waals surface area contributed by atoms with E-state index in [0.717, 1.165) is 26.2 Å². The molecule has 2 aromatic rings. The van der Waals surface area contributed by atoms with Crippen LogP contribution in [0.15, 0.2) is 53.4 Å². The first-order valence-corrected chi connectivity index (χ1v) is 10.3. The Kier molecular flexibility index (Phi) is 6.01. The molecule has 0 atom stereocenters. The Morgan fingerprint density at radius 1 is 1.04 bits per heavy atom. The first kappa shape index (κ1) is 19.6. The fraction of sp³-hybridized carbons (Fsp3) is 0.278. The van der Waals surface area contributed by atoms with Gasteiger partial charge in [-0.2, -0.15) is 0 Å². The topological polar surface area (TPSA) is 81.8 Å². The number of piperazine rings is 1. The van der Waals surface area contributed by atoms with Crippen molar-refractivity contribution < 1.29 is 13.2 Å². The zero-order valence-corrected chi connectivity index (χ0v) is 16.4. The molecule has 3 rings (SSSR count). The maximum absolute atomic E-state index is 12.6. The second-order valence-electron chi connectivity index (χ2n) is 6.37. The van der Waals surface area contributed by atoms with Crippen molar-refractivity contribution in [1.29, 1.82) is 0 Å². The van der Waals surface area contributed by atoms with Crippen LogP contribution in [0.3, 0.4) is 0 Å². The molecule has 144 valence electrons. The number of likely N-dealkylation sites (N-methyl/N-ethyl adjacent to an activating group) is 1. The first-order chi connectivity index (χ1) is 12.8. The van der Waals surface area contributed by atoms with Crippen LogP contribution in [-0.4, -0.2) is 57.5 Å². The van der Waals surface area contributed by atoms with Crippen molar-refractivity contribution in [3.63, 3.8) is 0 Å². The van der Waals surface area contributed by atoms with Gasteiger partial charge in [0.2, 0.25) is 0 Å². The molecule has 0 aliphatic carbocycles. The summed E-state index contributed by atoms with van der Waals surface area (Å²) in [6, 6.07) is 12.4. The maximum Gasteiger partial charge on any atom is 0.265 e. The van der Waals surface area contributed by atoms with Crippen molar-refractivity contribution in [1.82, 2.24) is 15.3 Å². The van der Waals surface area contributed by atoms with E-state index in [9.17, 15) is 13.2 Å². The van der Waals surface area contributed by atoms with E-state index in [0.29, 0.717) is 10.7 Å². The number of sulfonamides is 1. The average Bonchev–Trinajstić information content (AvgIpc) is 2.63. The summed E-state index contributed by atoms with van der Waals surface area (Å²) in [4.78, 5) is 14.7. The maximum atomic E-state index is 12.6. The molecule has 0 bridgehead atoms. The van der Waals surface area contributed by atoms with E-state index in [-0.39, 0.29) is 16.4 Å². The highest BCUT2D eigenvalue weighted by Gasteiger charge is 2.19. The van der Waals surface area contributed by atoms with Crippen molar-refractivity contribution in [2.45, 2.75) is 4.90 Å². The molecule has 2 aromatic carbocycles. The highest BCUT2D eigenvalue weighted by Crippen LogP contribution is 2.20. The zero-order chi connectivity index (χ0) is 19.4. The third-order valence-corrected chi connectivity index (χ3v) is 5.86. The summed E-state index contributed by atoms with van der Waals surface area (Å²) in [7, 11) is -1.81. The smallest absolute Gasteiger partial charge is 0.265 e. The number of carbonyl (C=O) groups excluding carboxylic acids is 1. The minimum absolute atomic E-state index is 0.00787. The lowest BCUT2D eigenvalue weighted by Crippen LogP contribution is -2.52. The number of hydrazine groups is 1. The number of nitrogens with zero attached hydrogens (tertiary/aromatic N) is 2. The number of carbonyl (C=O) groups is 1. The number of anilines is 1. The zero-order valence-electron chi connectivity index (χ0n) is 14.9. The van der Waals surface area contributed by atoms with Crippen LogP contribution in [0, 0.1) is 0 Å². The fourth-order valence-corrected chi connectivity index (χ4v) is 3.98. The van der Waals surface area contributed by atoms with Crippen LogP contribution < -0.4 is 10.1 Å². The normalized spacial score (nSPS) is 16.1. The molecule has 1 fully saturated rings. The predicted octanol–water partition coefficient (Wildman–Crippen LogP) is 2.03. The molecular formula is C18H21ClN4O3S. The highest BCUT2D eigenvalue weighted by molar-refractivity contribution is 7.92. The molecule has 27 heavy (non-hydrogen) atoms. The molecule has 0 spiro atoms. The molecule has 1 aliphatic rings. The third kappa shape index (κ3) is 5.20. The Balaban J connectivity index is 1.73. The van der Waals surface area contributed by atoms with Crippen LogP contribution in [0.5, 0.6) is 0 Å². The quantitative estimate of drug-likeness (QED) is 0.791. The molecule has 1 amide bonds. The van der Waals surface area contributed by atoms with Crippen LogP contribution in [0.2, 0.25) is 5.02 Å². The minimum Gasteiger partial charge on any atom is -0.304 e. The molecule has 2 N–H and O–H groups in total. The summed E-state index contributed by atoms with van der Waals surface area (Å²) in [5.74, 6) is -0.334. The van der Waals surface area contributed by atoms with Gasteiger partial charge < -0.3 is 4.90 Å². The summed E-state index contributed by atoms with van der Waals surface area (Å²) >= 11 is 5.89. The van der Waals surface area contributed by atoms with Crippen molar-refractivity contribution in [2.75, 3.05) is 37.9 Å². The summed E-state index contributed by atoms with van der Waals surface area (Å²) in [5.41, 5.74) is 3.46. The van der Waals surface area contributed by atoms with Gasteiger partial charge in [-0.15, -0.1) is 0 Å². The summed E-state index contributed by atoms with van der Waals surface area (Å²) in [5, 5.41) is 2.27. The molecule has 0 saturated carbocycles. The van der Waals surface area contributed by atoms with Crippen LogP contribution in [-0.2, 0) is 10.0 Å². The number of amides is 1. The molecule has 0 aromatic heterocycles. The number of benzene rings is 2. The van der Waals surface area contributed by atoms with E-state index in [1.165, 1.54) is 18.2 Å². The van der Waals surface area contributed by atoms with Crippen molar-refractivity contribution in [2.24, 2.45) is 0 Å². The molecule has 1 heterocycles. The van der Waals surface area contributed by atoms with Gasteiger partial charge in [0.25, 0.3) is 15.9 Å². The average molecular weight is 409 g/mol. The van der Waals surface area contributed by atoms with Gasteiger partial charge in [0.15, 0.2) is 0 Å². The summed E-state index contributed by atoms with van der Waals surface area (Å²) < 4.78 is 27.7. The number of hydrogen-bond donors (Lipinski definition) is 2. The Morgan fingerprint density at radius 2 is 1.74 bits per heavy atom. The number of rotatable bonds is 5. The van der Waals surface area contributed by atoms with Crippen LogP contribution in [0.25, 0.3) is 0 Å². The van der Waals surface area contributed by atoms with Gasteiger partial charge in [-0.05, 0) is 43.4 Å². The lowest BCUT2D eigenvalue weighted by molar-refractivity contribution is 0.0662. The van der Waals surface area contributed by atoms with E-state index < -0.39 is 10.0 Å². The standard InChI is InChI=1S/C18H21ClN4O3S/c1-22-8-10-23(11-9-22)20-18(24)14-4-2-7-17(12-14)27(25,26)21-16-6-3-5-15(19)13-16/h2-7,12-13,21H,8-11H2,1H3,(H,20,24). The van der Waals surface area contributed by atoms with Gasteiger partial charge in [-0.25, -0.2) is 13.4 Å². The lowest BCUT2D eigenvalue weighted by atomic mass is 10.2. The van der Waals surface area contributed by atoms with Crippen molar-refractivity contribution in [3.8, 4) is 0 Å².